The molecule has 0 saturated heterocycles. The summed E-state index contributed by atoms with van der Waals surface area (Å²) >= 11 is 0. The van der Waals surface area contributed by atoms with Crippen LogP contribution in [-0.2, 0) is 0 Å². The van der Waals surface area contributed by atoms with E-state index >= 15 is 0 Å². The number of anilines is 1. The number of aromatic carboxylic acids is 1. The first kappa shape index (κ1) is 16.8. The summed E-state index contributed by atoms with van der Waals surface area (Å²) in [5.74, 6) is -0.977. The minimum absolute atomic E-state index is 0.0600. The first-order valence-corrected chi connectivity index (χ1v) is 8.14. The van der Waals surface area contributed by atoms with E-state index in [1.165, 1.54) is 0 Å². The van der Waals surface area contributed by atoms with E-state index in [1.807, 2.05) is 24.3 Å². The SMILES string of the molecule is O=C(O)c1ccc(-n2nc(-c3ccc(N(O)O)cc3)c3ccccc32)cc1. The zero-order valence-electron chi connectivity index (χ0n) is 14.0. The second kappa shape index (κ2) is 6.56. The monoisotopic (exact) mass is 361 g/mol. The average Bonchev–Trinajstić information content (AvgIpc) is 3.08. The van der Waals surface area contributed by atoms with Crippen LogP contribution < -0.4 is 5.23 Å². The summed E-state index contributed by atoms with van der Waals surface area (Å²) in [6.45, 7) is 0. The van der Waals surface area contributed by atoms with Gasteiger partial charge in [0.05, 0.1) is 22.5 Å². The normalized spacial score (nSPS) is 10.9. The molecule has 0 amide bonds. The number of hydrogen-bond donors (Lipinski definition) is 3. The predicted molar refractivity (Wildman–Crippen MR) is 99.5 cm³/mol. The molecule has 3 N–H and O–H groups in total. The average molecular weight is 361 g/mol. The van der Waals surface area contributed by atoms with Crippen molar-refractivity contribution >= 4 is 22.6 Å². The minimum Gasteiger partial charge on any atom is -0.478 e. The van der Waals surface area contributed by atoms with Gasteiger partial charge in [0.25, 0.3) is 0 Å². The van der Waals surface area contributed by atoms with Gasteiger partial charge in [-0.15, -0.1) is 5.23 Å². The maximum absolute atomic E-state index is 11.1. The fraction of sp³-hybridized carbons (Fsp3) is 0. The summed E-state index contributed by atoms with van der Waals surface area (Å²) in [4.78, 5) is 11.1. The quantitative estimate of drug-likeness (QED) is 0.476. The summed E-state index contributed by atoms with van der Waals surface area (Å²) in [5.41, 5.74) is 3.64. The second-order valence-corrected chi connectivity index (χ2v) is 5.97. The van der Waals surface area contributed by atoms with Crippen LogP contribution >= 0.6 is 0 Å². The van der Waals surface area contributed by atoms with Crippen LogP contribution in [0.5, 0.6) is 0 Å². The Morgan fingerprint density at radius 2 is 1.56 bits per heavy atom. The maximum Gasteiger partial charge on any atom is 0.335 e. The van der Waals surface area contributed by atoms with Crippen LogP contribution in [0.1, 0.15) is 10.4 Å². The Morgan fingerprint density at radius 3 is 2.19 bits per heavy atom. The van der Waals surface area contributed by atoms with Gasteiger partial charge in [-0.2, -0.15) is 5.10 Å². The molecule has 27 heavy (non-hydrogen) atoms. The zero-order valence-corrected chi connectivity index (χ0v) is 14.0. The standard InChI is InChI=1S/C20H15N3O4/c24-20(25)14-7-9-15(10-8-14)22-18-4-2-1-3-17(18)19(21-22)13-5-11-16(12-6-13)23(26)27/h1-12,26-27H,(H,24,25). The molecule has 7 nitrogen and oxygen atoms in total. The van der Waals surface area contributed by atoms with Crippen molar-refractivity contribution in [3.05, 3.63) is 78.4 Å². The Morgan fingerprint density at radius 1 is 0.889 bits per heavy atom. The van der Waals surface area contributed by atoms with Crippen molar-refractivity contribution in [2.45, 2.75) is 0 Å². The number of benzene rings is 3. The first-order chi connectivity index (χ1) is 13.0. The summed E-state index contributed by atoms with van der Waals surface area (Å²) < 4.78 is 1.76. The molecule has 0 bridgehead atoms. The summed E-state index contributed by atoms with van der Waals surface area (Å²) in [7, 11) is 0. The molecule has 0 spiro atoms. The molecule has 0 fully saturated rings. The molecule has 0 aliphatic carbocycles. The highest BCUT2D eigenvalue weighted by Gasteiger charge is 2.14. The Hall–Kier alpha value is -3.68. The van der Waals surface area contributed by atoms with Gasteiger partial charge in [0.15, 0.2) is 0 Å². The molecule has 0 aliphatic rings. The zero-order chi connectivity index (χ0) is 19.0. The van der Waals surface area contributed by atoms with Gasteiger partial charge >= 0.3 is 5.97 Å². The van der Waals surface area contributed by atoms with E-state index in [2.05, 4.69) is 0 Å². The largest absolute Gasteiger partial charge is 0.478 e. The molecular formula is C20H15N3O4. The number of carboxylic acid groups (broad SMARTS) is 1. The van der Waals surface area contributed by atoms with Crippen molar-refractivity contribution in [1.82, 2.24) is 9.78 Å². The highest BCUT2D eigenvalue weighted by molar-refractivity contribution is 5.94. The summed E-state index contributed by atoms with van der Waals surface area (Å²) in [5, 5.41) is 33.0. The summed E-state index contributed by atoms with van der Waals surface area (Å²) in [6, 6.07) is 20.9. The molecule has 0 atom stereocenters. The summed E-state index contributed by atoms with van der Waals surface area (Å²) in [6.07, 6.45) is 0. The van der Waals surface area contributed by atoms with Crippen molar-refractivity contribution in [2.24, 2.45) is 0 Å². The molecule has 134 valence electrons. The lowest BCUT2D eigenvalue weighted by Gasteiger charge is -2.07. The van der Waals surface area contributed by atoms with Crippen LogP contribution in [0.15, 0.2) is 72.8 Å². The third kappa shape index (κ3) is 3.01. The highest BCUT2D eigenvalue weighted by atomic mass is 16.8. The van der Waals surface area contributed by atoms with Gasteiger partial charge in [0.2, 0.25) is 0 Å². The Balaban J connectivity index is 1.85. The Bertz CT molecular complexity index is 1120. The van der Waals surface area contributed by atoms with Gasteiger partial charge in [0, 0.05) is 10.9 Å². The molecule has 3 aromatic carbocycles. The van der Waals surface area contributed by atoms with Crippen molar-refractivity contribution in [1.29, 1.82) is 0 Å². The van der Waals surface area contributed by atoms with E-state index in [1.54, 1.807) is 53.2 Å². The fourth-order valence-electron chi connectivity index (χ4n) is 2.97. The molecule has 4 aromatic rings. The van der Waals surface area contributed by atoms with Gasteiger partial charge in [-0.3, -0.25) is 10.4 Å². The van der Waals surface area contributed by atoms with E-state index in [-0.39, 0.29) is 16.5 Å². The van der Waals surface area contributed by atoms with Crippen LogP contribution in [0.4, 0.5) is 5.69 Å². The third-order valence-corrected chi connectivity index (χ3v) is 4.32. The third-order valence-electron chi connectivity index (χ3n) is 4.32. The highest BCUT2D eigenvalue weighted by Crippen LogP contribution is 2.30. The van der Waals surface area contributed by atoms with Crippen molar-refractivity contribution in [3.8, 4) is 16.9 Å². The predicted octanol–water partition coefficient (Wildman–Crippen LogP) is 3.98. The number of carbonyl (C=O) groups is 1. The molecule has 1 aromatic heterocycles. The topological polar surface area (TPSA) is 98.8 Å². The maximum atomic E-state index is 11.1. The van der Waals surface area contributed by atoms with Gasteiger partial charge in [-0.1, -0.05) is 30.3 Å². The van der Waals surface area contributed by atoms with Gasteiger partial charge < -0.3 is 5.11 Å². The van der Waals surface area contributed by atoms with Crippen molar-refractivity contribution in [2.75, 3.05) is 5.23 Å². The molecule has 1 heterocycles. The number of aromatic nitrogens is 2. The van der Waals surface area contributed by atoms with Crippen molar-refractivity contribution in [3.63, 3.8) is 0 Å². The first-order valence-electron chi connectivity index (χ1n) is 8.14. The number of para-hydroxylation sites is 1. The van der Waals surface area contributed by atoms with Crippen molar-refractivity contribution < 1.29 is 20.3 Å². The molecule has 0 aliphatic heterocycles. The van der Waals surface area contributed by atoms with E-state index < -0.39 is 5.97 Å². The lowest BCUT2D eigenvalue weighted by atomic mass is 10.1. The van der Waals surface area contributed by atoms with E-state index in [0.29, 0.717) is 0 Å². The smallest absolute Gasteiger partial charge is 0.335 e. The van der Waals surface area contributed by atoms with E-state index in [4.69, 9.17) is 20.6 Å². The molecular weight excluding hydrogens is 346 g/mol. The number of rotatable bonds is 4. The van der Waals surface area contributed by atoms with Crippen LogP contribution in [0, 0.1) is 0 Å². The lowest BCUT2D eigenvalue weighted by molar-refractivity contribution is 0.0291. The fourth-order valence-corrected chi connectivity index (χ4v) is 2.97. The number of hydrogen-bond acceptors (Lipinski definition) is 5. The molecule has 0 unspecified atom stereocenters. The van der Waals surface area contributed by atoms with Crippen LogP contribution in [-0.4, -0.2) is 31.3 Å². The number of nitrogens with zero attached hydrogens (tertiary/aromatic N) is 3. The molecule has 4 rings (SSSR count). The van der Waals surface area contributed by atoms with Gasteiger partial charge in [-0.25, -0.2) is 9.48 Å². The molecule has 0 saturated carbocycles. The Kier molecular flexibility index (Phi) is 4.08. The van der Waals surface area contributed by atoms with Gasteiger partial charge in [-0.05, 0) is 42.5 Å². The van der Waals surface area contributed by atoms with Crippen LogP contribution in [0.2, 0.25) is 0 Å². The van der Waals surface area contributed by atoms with E-state index in [0.717, 1.165) is 27.8 Å². The second-order valence-electron chi connectivity index (χ2n) is 5.97. The molecule has 7 heteroatoms. The van der Waals surface area contributed by atoms with Crippen LogP contribution in [0.25, 0.3) is 27.8 Å². The Labute approximate surface area is 153 Å². The lowest BCUT2D eigenvalue weighted by Crippen LogP contribution is -2.10. The van der Waals surface area contributed by atoms with Crippen LogP contribution in [0.3, 0.4) is 0 Å². The van der Waals surface area contributed by atoms with E-state index in [9.17, 15) is 4.79 Å². The van der Waals surface area contributed by atoms with Gasteiger partial charge in [0.1, 0.15) is 5.69 Å². The minimum atomic E-state index is -0.977. The number of carboxylic acids is 1. The number of fused-ring (bicyclic) bond motifs is 1. The molecule has 0 radical (unpaired) electrons.